The molecule has 2 aromatic heterocycles. The number of thiazole rings is 2. The van der Waals surface area contributed by atoms with Crippen LogP contribution in [0.15, 0.2) is 53.2 Å². The van der Waals surface area contributed by atoms with Crippen LogP contribution in [0.25, 0.3) is 21.8 Å². The Kier molecular flexibility index (Phi) is 5.78. The molecule has 6 nitrogen and oxygen atoms in total. The number of aryl methyl sites for hydroxylation is 1. The minimum absolute atomic E-state index is 0.260. The van der Waals surface area contributed by atoms with E-state index in [1.165, 1.54) is 11.3 Å². The second-order valence-electron chi connectivity index (χ2n) is 6.39. The summed E-state index contributed by atoms with van der Waals surface area (Å²) in [7, 11) is 3.18. The maximum absolute atomic E-state index is 12.7. The molecule has 0 aliphatic rings. The number of nitrogens with zero attached hydrogens (tertiary/aromatic N) is 2. The first-order valence-corrected chi connectivity index (χ1v) is 10.8. The van der Waals surface area contributed by atoms with Crippen molar-refractivity contribution in [2.24, 2.45) is 0 Å². The molecular weight excluding hydrogens is 418 g/mol. The quantitative estimate of drug-likeness (QED) is 0.430. The van der Waals surface area contributed by atoms with E-state index < -0.39 is 0 Å². The zero-order chi connectivity index (χ0) is 21.1. The number of ether oxygens (including phenoxy) is 2. The Bertz CT molecular complexity index is 1200. The number of amides is 1. The van der Waals surface area contributed by atoms with Crippen molar-refractivity contribution in [3.05, 3.63) is 63.9 Å². The summed E-state index contributed by atoms with van der Waals surface area (Å²) in [5.74, 6) is 1.00. The Morgan fingerprint density at radius 3 is 2.50 bits per heavy atom. The largest absolute Gasteiger partial charge is 0.493 e. The fourth-order valence-electron chi connectivity index (χ4n) is 2.93. The summed E-state index contributed by atoms with van der Waals surface area (Å²) >= 11 is 3.00. The monoisotopic (exact) mass is 437 g/mol. The van der Waals surface area contributed by atoms with E-state index in [0.717, 1.165) is 26.8 Å². The SMILES string of the molecule is COc1ccc(-c2nc(C(=O)Nc3cccc(-c4csc(C)n4)c3)cs2)cc1OC. The van der Waals surface area contributed by atoms with Gasteiger partial charge >= 0.3 is 0 Å². The molecule has 0 aliphatic carbocycles. The molecule has 0 saturated heterocycles. The summed E-state index contributed by atoms with van der Waals surface area (Å²) in [6.45, 7) is 1.97. The number of carbonyl (C=O) groups excluding carboxylic acids is 1. The van der Waals surface area contributed by atoms with Gasteiger partial charge in [0.1, 0.15) is 10.7 Å². The highest BCUT2D eigenvalue weighted by molar-refractivity contribution is 7.13. The van der Waals surface area contributed by atoms with Gasteiger partial charge in [0.25, 0.3) is 5.91 Å². The predicted molar refractivity (Wildman–Crippen MR) is 121 cm³/mol. The lowest BCUT2D eigenvalue weighted by molar-refractivity contribution is 0.102. The summed E-state index contributed by atoms with van der Waals surface area (Å²) in [6.07, 6.45) is 0. The Balaban J connectivity index is 1.52. The molecule has 0 saturated carbocycles. The van der Waals surface area contributed by atoms with Gasteiger partial charge in [-0.1, -0.05) is 12.1 Å². The van der Waals surface area contributed by atoms with Gasteiger partial charge < -0.3 is 14.8 Å². The van der Waals surface area contributed by atoms with Gasteiger partial charge in [0.2, 0.25) is 0 Å². The number of benzene rings is 2. The van der Waals surface area contributed by atoms with Gasteiger partial charge in [-0.15, -0.1) is 22.7 Å². The standard InChI is InChI=1S/C22H19N3O3S2/c1-13-23-17(11-29-13)14-5-4-6-16(9-14)24-21(26)18-12-30-22(25-18)15-7-8-19(27-2)20(10-15)28-3/h4-12H,1-3H3,(H,24,26). The Morgan fingerprint density at radius 1 is 0.933 bits per heavy atom. The summed E-state index contributed by atoms with van der Waals surface area (Å²) < 4.78 is 10.6. The van der Waals surface area contributed by atoms with E-state index in [0.29, 0.717) is 22.9 Å². The van der Waals surface area contributed by atoms with Gasteiger partial charge in [-0.3, -0.25) is 4.79 Å². The smallest absolute Gasteiger partial charge is 0.275 e. The third-order valence-electron chi connectivity index (χ3n) is 4.40. The first kappa shape index (κ1) is 20.1. The molecule has 2 heterocycles. The van der Waals surface area contributed by atoms with E-state index in [2.05, 4.69) is 15.3 Å². The number of carbonyl (C=O) groups is 1. The van der Waals surface area contributed by atoms with Gasteiger partial charge in [-0.25, -0.2) is 9.97 Å². The summed E-state index contributed by atoms with van der Waals surface area (Å²) in [4.78, 5) is 21.7. The van der Waals surface area contributed by atoms with Gasteiger partial charge in [0.15, 0.2) is 11.5 Å². The molecule has 4 aromatic rings. The van der Waals surface area contributed by atoms with Crippen LogP contribution < -0.4 is 14.8 Å². The number of hydrogen-bond donors (Lipinski definition) is 1. The van der Waals surface area contributed by atoms with E-state index in [4.69, 9.17) is 9.47 Å². The van der Waals surface area contributed by atoms with Crippen LogP contribution in [0.5, 0.6) is 11.5 Å². The van der Waals surface area contributed by atoms with Crippen LogP contribution >= 0.6 is 22.7 Å². The molecule has 8 heteroatoms. The zero-order valence-corrected chi connectivity index (χ0v) is 18.3. The average Bonchev–Trinajstić information content (AvgIpc) is 3.43. The van der Waals surface area contributed by atoms with E-state index in [1.807, 2.05) is 54.8 Å². The molecule has 2 aromatic carbocycles. The molecule has 1 N–H and O–H groups in total. The molecule has 30 heavy (non-hydrogen) atoms. The minimum Gasteiger partial charge on any atom is -0.493 e. The van der Waals surface area contributed by atoms with Gasteiger partial charge in [0.05, 0.1) is 24.9 Å². The zero-order valence-electron chi connectivity index (χ0n) is 16.6. The number of aromatic nitrogens is 2. The van der Waals surface area contributed by atoms with E-state index in [1.54, 1.807) is 30.9 Å². The van der Waals surface area contributed by atoms with Crippen LogP contribution in [0.3, 0.4) is 0 Å². The first-order chi connectivity index (χ1) is 14.6. The van der Waals surface area contributed by atoms with Crippen LogP contribution in [-0.2, 0) is 0 Å². The van der Waals surface area contributed by atoms with Crippen molar-refractivity contribution >= 4 is 34.3 Å². The van der Waals surface area contributed by atoms with Crippen molar-refractivity contribution in [2.75, 3.05) is 19.5 Å². The Morgan fingerprint density at radius 2 is 1.77 bits per heavy atom. The molecule has 152 valence electrons. The second kappa shape index (κ2) is 8.64. The topological polar surface area (TPSA) is 73.3 Å². The summed E-state index contributed by atoms with van der Waals surface area (Å²) in [5.41, 5.74) is 3.78. The first-order valence-electron chi connectivity index (χ1n) is 9.09. The van der Waals surface area contributed by atoms with Crippen molar-refractivity contribution < 1.29 is 14.3 Å². The summed E-state index contributed by atoms with van der Waals surface area (Å²) in [6, 6.07) is 13.2. The molecule has 0 unspecified atom stereocenters. The maximum atomic E-state index is 12.7. The summed E-state index contributed by atoms with van der Waals surface area (Å²) in [5, 5.41) is 8.40. The Labute approximate surface area is 182 Å². The lowest BCUT2D eigenvalue weighted by atomic mass is 10.1. The number of anilines is 1. The average molecular weight is 438 g/mol. The van der Waals surface area contributed by atoms with E-state index in [9.17, 15) is 4.79 Å². The number of methoxy groups -OCH3 is 2. The van der Waals surface area contributed by atoms with Gasteiger partial charge in [-0.2, -0.15) is 0 Å². The highest BCUT2D eigenvalue weighted by atomic mass is 32.1. The molecule has 0 aliphatic heterocycles. The Hall–Kier alpha value is -3.23. The van der Waals surface area contributed by atoms with Crippen molar-refractivity contribution in [1.29, 1.82) is 0 Å². The highest BCUT2D eigenvalue weighted by Crippen LogP contribution is 2.33. The minimum atomic E-state index is -0.260. The van der Waals surface area contributed by atoms with Crippen LogP contribution in [-0.4, -0.2) is 30.1 Å². The fourth-order valence-corrected chi connectivity index (χ4v) is 4.35. The lowest BCUT2D eigenvalue weighted by Crippen LogP contribution is -2.12. The molecule has 4 rings (SSSR count). The van der Waals surface area contributed by atoms with Crippen molar-refractivity contribution in [2.45, 2.75) is 6.92 Å². The van der Waals surface area contributed by atoms with Crippen LogP contribution in [0.1, 0.15) is 15.5 Å². The highest BCUT2D eigenvalue weighted by Gasteiger charge is 2.14. The van der Waals surface area contributed by atoms with E-state index >= 15 is 0 Å². The van der Waals surface area contributed by atoms with Crippen molar-refractivity contribution in [3.8, 4) is 33.3 Å². The second-order valence-corrected chi connectivity index (χ2v) is 8.31. The molecule has 0 spiro atoms. The molecule has 0 radical (unpaired) electrons. The molecule has 0 fully saturated rings. The predicted octanol–water partition coefficient (Wildman–Crippen LogP) is 5.51. The third-order valence-corrected chi connectivity index (χ3v) is 6.07. The molecular formula is C22H19N3O3S2. The molecule has 0 atom stereocenters. The van der Waals surface area contributed by atoms with Crippen LogP contribution in [0, 0.1) is 6.92 Å². The van der Waals surface area contributed by atoms with Crippen molar-refractivity contribution in [1.82, 2.24) is 9.97 Å². The maximum Gasteiger partial charge on any atom is 0.275 e. The van der Waals surface area contributed by atoms with Crippen molar-refractivity contribution in [3.63, 3.8) is 0 Å². The normalized spacial score (nSPS) is 10.6. The van der Waals surface area contributed by atoms with Crippen LogP contribution in [0.2, 0.25) is 0 Å². The third kappa shape index (κ3) is 4.19. The molecule has 1 amide bonds. The van der Waals surface area contributed by atoms with E-state index in [-0.39, 0.29) is 5.91 Å². The number of hydrogen-bond acceptors (Lipinski definition) is 7. The fraction of sp³-hybridized carbons (Fsp3) is 0.136. The van der Waals surface area contributed by atoms with Crippen LogP contribution in [0.4, 0.5) is 5.69 Å². The number of rotatable bonds is 6. The number of nitrogens with one attached hydrogen (secondary N) is 1. The van der Waals surface area contributed by atoms with Gasteiger partial charge in [-0.05, 0) is 37.3 Å². The lowest BCUT2D eigenvalue weighted by Gasteiger charge is -2.08. The molecule has 0 bridgehead atoms. The van der Waals surface area contributed by atoms with Gasteiger partial charge in [0, 0.05) is 27.6 Å².